The number of aryl methyl sites for hydroxylation is 3. The van der Waals surface area contributed by atoms with E-state index < -0.39 is 5.91 Å². The number of hydrogen-bond acceptors (Lipinski definition) is 5. The van der Waals surface area contributed by atoms with E-state index in [1.54, 1.807) is 23.9 Å². The monoisotopic (exact) mass is 361 g/mol. The zero-order valence-electron chi connectivity index (χ0n) is 14.9. The Balaban J connectivity index is 1.83. The van der Waals surface area contributed by atoms with E-state index in [4.69, 9.17) is 4.42 Å². The Hall–Kier alpha value is -2.41. The molecule has 7 heteroatoms. The Morgan fingerprint density at radius 2 is 1.76 bits per heavy atom. The summed E-state index contributed by atoms with van der Waals surface area (Å²) in [6, 6.07) is 7.44. The molecule has 1 aromatic heterocycles. The summed E-state index contributed by atoms with van der Waals surface area (Å²) in [6.07, 6.45) is 1.95. The number of benzene rings is 1. The number of rotatable bonds is 6. The van der Waals surface area contributed by atoms with Crippen molar-refractivity contribution in [3.63, 3.8) is 0 Å². The second-order valence-electron chi connectivity index (χ2n) is 5.83. The van der Waals surface area contributed by atoms with Gasteiger partial charge in [-0.15, -0.1) is 0 Å². The number of nitrogens with one attached hydrogen (secondary N) is 3. The summed E-state index contributed by atoms with van der Waals surface area (Å²) >= 11 is 1.60. The van der Waals surface area contributed by atoms with Gasteiger partial charge >= 0.3 is 5.91 Å². The molecule has 0 saturated heterocycles. The molecule has 0 unspecified atom stereocenters. The number of hydrogen-bond donors (Lipinski definition) is 3. The summed E-state index contributed by atoms with van der Waals surface area (Å²) in [7, 11) is 0. The zero-order valence-corrected chi connectivity index (χ0v) is 15.7. The highest BCUT2D eigenvalue weighted by atomic mass is 32.2. The van der Waals surface area contributed by atoms with Gasteiger partial charge in [-0.2, -0.15) is 11.8 Å². The van der Waals surface area contributed by atoms with Crippen LogP contribution in [0.15, 0.2) is 28.7 Å². The van der Waals surface area contributed by atoms with Gasteiger partial charge in [0.05, 0.1) is 12.3 Å². The predicted molar refractivity (Wildman–Crippen MR) is 101 cm³/mol. The van der Waals surface area contributed by atoms with E-state index in [9.17, 15) is 9.59 Å². The van der Waals surface area contributed by atoms with E-state index in [2.05, 4.69) is 28.3 Å². The highest BCUT2D eigenvalue weighted by molar-refractivity contribution is 7.97. The molecule has 0 atom stereocenters. The Labute approximate surface area is 151 Å². The fourth-order valence-electron chi connectivity index (χ4n) is 2.58. The number of anilines is 1. The lowest BCUT2D eigenvalue weighted by Crippen LogP contribution is -2.44. The maximum Gasteiger partial charge on any atom is 0.305 e. The number of carbonyl (C=O) groups is 2. The first-order valence-electron chi connectivity index (χ1n) is 7.89. The number of carbonyl (C=O) groups excluding carboxylic acids is 2. The third kappa shape index (κ3) is 5.29. The Morgan fingerprint density at radius 3 is 2.40 bits per heavy atom. The smallest absolute Gasteiger partial charge is 0.305 e. The number of furan rings is 1. The average molecular weight is 361 g/mol. The molecule has 0 aliphatic rings. The zero-order chi connectivity index (χ0) is 18.4. The Morgan fingerprint density at radius 1 is 1.08 bits per heavy atom. The van der Waals surface area contributed by atoms with Gasteiger partial charge in [-0.1, -0.05) is 17.7 Å². The van der Waals surface area contributed by atoms with Crippen LogP contribution in [0.4, 0.5) is 5.69 Å². The molecule has 134 valence electrons. The van der Waals surface area contributed by atoms with Crippen LogP contribution < -0.4 is 16.2 Å². The summed E-state index contributed by atoms with van der Waals surface area (Å²) in [5.41, 5.74) is 8.98. The molecule has 0 saturated carbocycles. The van der Waals surface area contributed by atoms with Crippen molar-refractivity contribution in [2.24, 2.45) is 0 Å². The molecule has 0 fully saturated rings. The van der Waals surface area contributed by atoms with Gasteiger partial charge in [-0.25, -0.2) is 0 Å². The maximum absolute atomic E-state index is 11.9. The number of thioether (sulfide) groups is 1. The van der Waals surface area contributed by atoms with E-state index in [-0.39, 0.29) is 18.2 Å². The van der Waals surface area contributed by atoms with E-state index in [0.717, 1.165) is 22.6 Å². The molecule has 6 nitrogen and oxygen atoms in total. The molecule has 0 aliphatic heterocycles. The molecule has 0 bridgehead atoms. The minimum absolute atomic E-state index is 0.0564. The van der Waals surface area contributed by atoms with Gasteiger partial charge in [0.2, 0.25) is 0 Å². The molecule has 0 spiro atoms. The van der Waals surface area contributed by atoms with Crippen molar-refractivity contribution in [1.29, 1.82) is 0 Å². The van der Waals surface area contributed by atoms with Crippen molar-refractivity contribution in [2.45, 2.75) is 26.5 Å². The van der Waals surface area contributed by atoms with Crippen molar-refractivity contribution in [3.05, 3.63) is 52.5 Å². The highest BCUT2D eigenvalue weighted by Crippen LogP contribution is 2.21. The highest BCUT2D eigenvalue weighted by Gasteiger charge is 2.12. The van der Waals surface area contributed by atoms with Crippen molar-refractivity contribution in [1.82, 2.24) is 10.9 Å². The third-order valence-electron chi connectivity index (χ3n) is 3.59. The molecule has 2 aromatic rings. The predicted octanol–water partition coefficient (Wildman–Crippen LogP) is 2.94. The van der Waals surface area contributed by atoms with Crippen LogP contribution in [0, 0.1) is 20.8 Å². The summed E-state index contributed by atoms with van der Waals surface area (Å²) < 4.78 is 5.39. The molecule has 3 N–H and O–H groups in total. The van der Waals surface area contributed by atoms with Crippen molar-refractivity contribution in [3.8, 4) is 0 Å². The molecule has 0 radical (unpaired) electrons. The molecular formula is C18H23N3O3S. The lowest BCUT2D eigenvalue weighted by molar-refractivity contribution is -0.120. The fourth-order valence-corrected chi connectivity index (χ4v) is 3.02. The van der Waals surface area contributed by atoms with Gasteiger partial charge in [0.25, 0.3) is 5.91 Å². The van der Waals surface area contributed by atoms with Crippen LogP contribution in [0.2, 0.25) is 0 Å². The van der Waals surface area contributed by atoms with Gasteiger partial charge < -0.3 is 9.73 Å². The minimum atomic E-state index is -0.483. The van der Waals surface area contributed by atoms with Crippen LogP contribution in [-0.2, 0) is 10.5 Å². The SMILES string of the molecule is CSCc1ccc(C(=O)NNC(=O)CNc2c(C)cc(C)cc2C)o1. The molecular weight excluding hydrogens is 338 g/mol. The number of amides is 2. The lowest BCUT2D eigenvalue weighted by Gasteiger charge is -2.14. The quantitative estimate of drug-likeness (QED) is 0.689. The van der Waals surface area contributed by atoms with E-state index in [0.29, 0.717) is 5.75 Å². The van der Waals surface area contributed by atoms with Crippen LogP contribution in [-0.4, -0.2) is 24.6 Å². The van der Waals surface area contributed by atoms with Crippen molar-refractivity contribution in [2.75, 3.05) is 18.1 Å². The van der Waals surface area contributed by atoms with Crippen LogP contribution in [0.3, 0.4) is 0 Å². The van der Waals surface area contributed by atoms with Gasteiger partial charge in [-0.05, 0) is 50.3 Å². The van der Waals surface area contributed by atoms with Crippen LogP contribution in [0.5, 0.6) is 0 Å². The lowest BCUT2D eigenvalue weighted by atomic mass is 10.1. The molecule has 2 rings (SSSR count). The maximum atomic E-state index is 11.9. The van der Waals surface area contributed by atoms with Crippen LogP contribution >= 0.6 is 11.8 Å². The van der Waals surface area contributed by atoms with E-state index in [1.165, 1.54) is 5.56 Å². The van der Waals surface area contributed by atoms with Crippen molar-refractivity contribution >= 4 is 29.3 Å². The number of hydrazine groups is 1. The normalized spacial score (nSPS) is 10.4. The molecule has 25 heavy (non-hydrogen) atoms. The first kappa shape index (κ1) is 18.9. The van der Waals surface area contributed by atoms with Gasteiger partial charge in [0, 0.05) is 5.69 Å². The fraction of sp³-hybridized carbons (Fsp3) is 0.333. The Bertz CT molecular complexity index is 748. The molecule has 0 aliphatic carbocycles. The van der Waals surface area contributed by atoms with Gasteiger partial charge in [0.15, 0.2) is 5.76 Å². The largest absolute Gasteiger partial charge is 0.455 e. The van der Waals surface area contributed by atoms with E-state index in [1.807, 2.05) is 27.0 Å². The summed E-state index contributed by atoms with van der Waals surface area (Å²) in [4.78, 5) is 23.9. The van der Waals surface area contributed by atoms with Gasteiger partial charge in [-0.3, -0.25) is 20.4 Å². The minimum Gasteiger partial charge on any atom is -0.455 e. The van der Waals surface area contributed by atoms with Crippen molar-refractivity contribution < 1.29 is 14.0 Å². The van der Waals surface area contributed by atoms with Crippen LogP contribution in [0.25, 0.3) is 0 Å². The van der Waals surface area contributed by atoms with E-state index >= 15 is 0 Å². The Kier molecular flexibility index (Phi) is 6.52. The molecule has 1 aromatic carbocycles. The summed E-state index contributed by atoms with van der Waals surface area (Å²) in [5.74, 6) is 0.754. The first-order chi connectivity index (χ1) is 11.9. The standard InChI is InChI=1S/C18H23N3O3S/c1-11-7-12(2)17(13(3)8-11)19-9-16(22)20-21-18(23)15-6-5-14(24-15)10-25-4/h5-8,19H,9-10H2,1-4H3,(H,20,22)(H,21,23). The second-order valence-corrected chi connectivity index (χ2v) is 6.69. The van der Waals surface area contributed by atoms with Gasteiger partial charge in [0.1, 0.15) is 5.76 Å². The second kappa shape index (κ2) is 8.62. The molecule has 2 amide bonds. The summed E-state index contributed by atoms with van der Waals surface area (Å²) in [6.45, 7) is 6.07. The first-order valence-corrected chi connectivity index (χ1v) is 9.28. The topological polar surface area (TPSA) is 83.4 Å². The molecule has 1 heterocycles. The summed E-state index contributed by atoms with van der Waals surface area (Å²) in [5, 5.41) is 3.10. The third-order valence-corrected chi connectivity index (χ3v) is 4.16. The average Bonchev–Trinajstić information content (AvgIpc) is 3.00. The van der Waals surface area contributed by atoms with Crippen LogP contribution in [0.1, 0.15) is 33.0 Å².